The quantitative estimate of drug-likeness (QED) is 0.709. The molecule has 1 aliphatic rings. The summed E-state index contributed by atoms with van der Waals surface area (Å²) in [6, 6.07) is 4.56. The van der Waals surface area contributed by atoms with Crippen LogP contribution in [0.5, 0.6) is 11.5 Å². The van der Waals surface area contributed by atoms with Gasteiger partial charge in [0, 0.05) is 0 Å². The lowest BCUT2D eigenvalue weighted by molar-refractivity contribution is 0.0899. The van der Waals surface area contributed by atoms with Crippen LogP contribution in [0, 0.1) is 0 Å². The average Bonchev–Trinajstić information content (AvgIpc) is 2.23. The van der Waals surface area contributed by atoms with Crippen LogP contribution in [0.2, 0.25) is 0 Å². The number of hydrogen-bond donors (Lipinski definition) is 1. The van der Waals surface area contributed by atoms with Crippen molar-refractivity contribution < 1.29 is 14.3 Å². The van der Waals surface area contributed by atoms with Crippen molar-refractivity contribution in [2.75, 3.05) is 13.7 Å². The first-order valence-electron chi connectivity index (χ1n) is 4.33. The van der Waals surface area contributed by atoms with Crippen LogP contribution in [0.15, 0.2) is 18.2 Å². The second-order valence-corrected chi connectivity index (χ2v) is 3.14. The molecule has 0 spiro atoms. The molecule has 0 radical (unpaired) electrons. The molecule has 1 aromatic carbocycles. The van der Waals surface area contributed by atoms with E-state index in [-0.39, 0.29) is 12.4 Å². The Labute approximate surface area is 81.6 Å². The van der Waals surface area contributed by atoms with Gasteiger partial charge in [0.15, 0.2) is 5.78 Å². The Kier molecular flexibility index (Phi) is 2.13. The Hall–Kier alpha value is -1.55. The zero-order chi connectivity index (χ0) is 10.1. The SMILES string of the molecule is COc1ccc2c(c1)C(=O)[C@H](N)CO2. The van der Waals surface area contributed by atoms with E-state index in [2.05, 4.69) is 0 Å². The lowest BCUT2D eigenvalue weighted by atomic mass is 10.0. The largest absolute Gasteiger partial charge is 0.497 e. The Balaban J connectivity index is 2.46. The van der Waals surface area contributed by atoms with E-state index in [0.29, 0.717) is 17.1 Å². The predicted molar refractivity (Wildman–Crippen MR) is 50.8 cm³/mol. The zero-order valence-corrected chi connectivity index (χ0v) is 7.82. The summed E-state index contributed by atoms with van der Waals surface area (Å²) in [5.74, 6) is 1.12. The lowest BCUT2D eigenvalue weighted by Gasteiger charge is -2.21. The monoisotopic (exact) mass is 193 g/mol. The Morgan fingerprint density at radius 1 is 1.57 bits per heavy atom. The standard InChI is InChI=1S/C10H11NO3/c1-13-6-2-3-9-7(4-6)10(12)8(11)5-14-9/h2-4,8H,5,11H2,1H3/t8-/m1/s1. The third-order valence-corrected chi connectivity index (χ3v) is 2.21. The molecule has 1 aliphatic heterocycles. The molecule has 0 aromatic heterocycles. The molecule has 0 amide bonds. The molecule has 0 unspecified atom stereocenters. The summed E-state index contributed by atoms with van der Waals surface area (Å²) < 4.78 is 10.3. The number of methoxy groups -OCH3 is 1. The van der Waals surface area contributed by atoms with Crippen LogP contribution >= 0.6 is 0 Å². The highest BCUT2D eigenvalue weighted by Crippen LogP contribution is 2.27. The van der Waals surface area contributed by atoms with E-state index in [1.165, 1.54) is 0 Å². The van der Waals surface area contributed by atoms with Crippen molar-refractivity contribution in [3.05, 3.63) is 23.8 Å². The molecule has 0 aliphatic carbocycles. The second kappa shape index (κ2) is 3.31. The van der Waals surface area contributed by atoms with Crippen molar-refractivity contribution >= 4 is 5.78 Å². The number of rotatable bonds is 1. The summed E-state index contributed by atoms with van der Waals surface area (Å²) >= 11 is 0. The predicted octanol–water partition coefficient (Wildman–Crippen LogP) is 0.598. The fraction of sp³-hybridized carbons (Fsp3) is 0.300. The number of ether oxygens (including phenoxy) is 2. The van der Waals surface area contributed by atoms with Gasteiger partial charge in [-0.05, 0) is 18.2 Å². The molecule has 4 heteroatoms. The summed E-state index contributed by atoms with van der Waals surface area (Å²) in [5, 5.41) is 0. The molecule has 0 saturated heterocycles. The van der Waals surface area contributed by atoms with Crippen molar-refractivity contribution in [3.8, 4) is 11.5 Å². The van der Waals surface area contributed by atoms with Gasteiger partial charge in [-0.2, -0.15) is 0 Å². The van der Waals surface area contributed by atoms with Crippen LogP contribution in [0.25, 0.3) is 0 Å². The topological polar surface area (TPSA) is 61.5 Å². The van der Waals surface area contributed by atoms with Gasteiger partial charge in [-0.3, -0.25) is 4.79 Å². The molecule has 4 nitrogen and oxygen atoms in total. The molecule has 14 heavy (non-hydrogen) atoms. The minimum atomic E-state index is -0.561. The van der Waals surface area contributed by atoms with Gasteiger partial charge in [0.05, 0.1) is 12.7 Å². The number of carbonyl (C=O) groups is 1. The smallest absolute Gasteiger partial charge is 0.186 e. The highest BCUT2D eigenvalue weighted by Gasteiger charge is 2.25. The fourth-order valence-electron chi connectivity index (χ4n) is 1.41. The van der Waals surface area contributed by atoms with Crippen LogP contribution in [-0.2, 0) is 0 Å². The Morgan fingerprint density at radius 3 is 3.07 bits per heavy atom. The maximum absolute atomic E-state index is 11.6. The number of Topliss-reactive ketones (excluding diaryl/α,β-unsaturated/α-hetero) is 1. The van der Waals surface area contributed by atoms with E-state index in [1.807, 2.05) is 0 Å². The summed E-state index contributed by atoms with van der Waals surface area (Å²) in [7, 11) is 1.55. The molecule has 1 aromatic rings. The minimum Gasteiger partial charge on any atom is -0.497 e. The third kappa shape index (κ3) is 1.33. The number of carbonyl (C=O) groups excluding carboxylic acids is 1. The zero-order valence-electron chi connectivity index (χ0n) is 7.82. The van der Waals surface area contributed by atoms with Crippen molar-refractivity contribution in [3.63, 3.8) is 0 Å². The Bertz CT molecular complexity index is 376. The number of benzene rings is 1. The maximum atomic E-state index is 11.6. The van der Waals surface area contributed by atoms with Gasteiger partial charge >= 0.3 is 0 Å². The third-order valence-electron chi connectivity index (χ3n) is 2.21. The lowest BCUT2D eigenvalue weighted by Crippen LogP contribution is -2.40. The van der Waals surface area contributed by atoms with Gasteiger partial charge in [-0.25, -0.2) is 0 Å². The molecular weight excluding hydrogens is 182 g/mol. The van der Waals surface area contributed by atoms with Crippen molar-refractivity contribution in [1.29, 1.82) is 0 Å². The van der Waals surface area contributed by atoms with Gasteiger partial charge in [-0.1, -0.05) is 0 Å². The van der Waals surface area contributed by atoms with Gasteiger partial charge in [0.2, 0.25) is 0 Å². The molecule has 0 fully saturated rings. The van der Waals surface area contributed by atoms with Crippen molar-refractivity contribution in [1.82, 2.24) is 0 Å². The van der Waals surface area contributed by atoms with E-state index >= 15 is 0 Å². The van der Waals surface area contributed by atoms with E-state index in [9.17, 15) is 4.79 Å². The van der Waals surface area contributed by atoms with Crippen LogP contribution in [0.4, 0.5) is 0 Å². The fourth-order valence-corrected chi connectivity index (χ4v) is 1.41. The molecule has 2 N–H and O–H groups in total. The van der Waals surface area contributed by atoms with Crippen LogP contribution in [0.3, 0.4) is 0 Å². The first-order valence-corrected chi connectivity index (χ1v) is 4.33. The van der Waals surface area contributed by atoms with E-state index in [0.717, 1.165) is 0 Å². The highest BCUT2D eigenvalue weighted by atomic mass is 16.5. The van der Waals surface area contributed by atoms with Gasteiger partial charge < -0.3 is 15.2 Å². The van der Waals surface area contributed by atoms with Crippen LogP contribution in [-0.4, -0.2) is 25.5 Å². The number of fused-ring (bicyclic) bond motifs is 1. The number of ketones is 1. The maximum Gasteiger partial charge on any atom is 0.186 e. The average molecular weight is 193 g/mol. The minimum absolute atomic E-state index is 0.0925. The van der Waals surface area contributed by atoms with Gasteiger partial charge in [-0.15, -0.1) is 0 Å². The summed E-state index contributed by atoms with van der Waals surface area (Å²) in [5.41, 5.74) is 6.07. The van der Waals surface area contributed by atoms with Gasteiger partial charge in [0.1, 0.15) is 24.1 Å². The van der Waals surface area contributed by atoms with E-state index in [1.54, 1.807) is 25.3 Å². The molecule has 74 valence electrons. The van der Waals surface area contributed by atoms with E-state index < -0.39 is 6.04 Å². The normalized spacial score (nSPS) is 19.9. The second-order valence-electron chi connectivity index (χ2n) is 3.14. The summed E-state index contributed by atoms with van der Waals surface area (Å²) in [4.78, 5) is 11.6. The molecule has 0 bridgehead atoms. The Morgan fingerprint density at radius 2 is 2.36 bits per heavy atom. The first kappa shape index (κ1) is 9.02. The highest BCUT2D eigenvalue weighted by molar-refractivity contribution is 6.03. The molecular formula is C10H11NO3. The van der Waals surface area contributed by atoms with Crippen LogP contribution in [0.1, 0.15) is 10.4 Å². The molecule has 1 heterocycles. The number of hydrogen-bond acceptors (Lipinski definition) is 4. The van der Waals surface area contributed by atoms with E-state index in [4.69, 9.17) is 15.2 Å². The van der Waals surface area contributed by atoms with Crippen LogP contribution < -0.4 is 15.2 Å². The van der Waals surface area contributed by atoms with Gasteiger partial charge in [0.25, 0.3) is 0 Å². The summed E-state index contributed by atoms with van der Waals surface area (Å²) in [6.07, 6.45) is 0. The first-order chi connectivity index (χ1) is 6.72. The number of nitrogens with two attached hydrogens (primary N) is 1. The summed E-state index contributed by atoms with van der Waals surface area (Å²) in [6.45, 7) is 0.248. The van der Waals surface area contributed by atoms with Crippen molar-refractivity contribution in [2.45, 2.75) is 6.04 Å². The molecule has 0 saturated carbocycles. The molecule has 1 atom stereocenters. The van der Waals surface area contributed by atoms with Crippen molar-refractivity contribution in [2.24, 2.45) is 5.73 Å². The molecule has 2 rings (SSSR count).